The van der Waals surface area contributed by atoms with Gasteiger partial charge in [0.1, 0.15) is 0 Å². The molecule has 0 fully saturated rings. The van der Waals surface area contributed by atoms with Crippen molar-refractivity contribution in [3.8, 4) is 0 Å². The number of carbonyl (C=O) groups is 2. The van der Waals surface area contributed by atoms with Gasteiger partial charge in [-0.15, -0.1) is 0 Å². The van der Waals surface area contributed by atoms with E-state index in [1.807, 2.05) is 0 Å². The number of nitrogens with two attached hydrogens (primary N) is 2. The summed E-state index contributed by atoms with van der Waals surface area (Å²) in [6.45, 7) is 2.35. The second kappa shape index (κ2) is 46.4. The van der Waals surface area contributed by atoms with Crippen LogP contribution in [0.1, 0.15) is 25.7 Å². The van der Waals surface area contributed by atoms with Crippen molar-refractivity contribution in [1.29, 1.82) is 0 Å². The molecule has 4 atom stereocenters. The SMILES string of the molecule is [CH2-]OCC(O)COCCC(N)=O.[CH2-]OCC(O)COCCC(N)=O.[CH2-]OCCC(O)CO[CH2-].[CH2-]OCCC(O)CO[CH2-].[Rf].[Rf].[Rf]. The molecule has 0 aliphatic rings. The van der Waals surface area contributed by atoms with Crippen molar-refractivity contribution in [3.05, 3.63) is 42.7 Å². The number of carbonyl (C=O) groups excluding carboxylic acids is 2. The van der Waals surface area contributed by atoms with Crippen LogP contribution in [0.25, 0.3) is 0 Å². The quantitative estimate of drug-likeness (QED) is 0.0492. The molecule has 0 aliphatic heterocycles. The smallest absolute Gasteiger partial charge is 0.219 e. The minimum Gasteiger partial charge on any atom is -0.555 e. The maximum Gasteiger partial charge on any atom is 0.219 e. The Morgan fingerprint density at radius 3 is 0.956 bits per heavy atom. The first-order valence-electron chi connectivity index (χ1n) is 12.6. The number of aliphatic hydroxyl groups excluding tert-OH is 4. The molecule has 262 valence electrons. The van der Waals surface area contributed by atoms with E-state index in [2.05, 4.69) is 71.1 Å². The van der Waals surface area contributed by atoms with E-state index >= 15 is 0 Å². The first kappa shape index (κ1) is 56.3. The monoisotopic (exact) mass is 1420 g/mol. The molecule has 0 aliphatic carbocycles. The van der Waals surface area contributed by atoms with Gasteiger partial charge in [-0.1, -0.05) is 0 Å². The summed E-state index contributed by atoms with van der Waals surface area (Å²) in [6, 6.07) is 0. The predicted octanol–water partition coefficient (Wildman–Crippen LogP) is -1.20. The molecule has 0 bridgehead atoms. The third kappa shape index (κ3) is 63.8. The van der Waals surface area contributed by atoms with Crippen molar-refractivity contribution in [2.45, 2.75) is 50.1 Å². The van der Waals surface area contributed by atoms with E-state index in [1.165, 1.54) is 0 Å². The minimum absolute atomic E-state index is 0. The molecule has 2 amide bonds. The van der Waals surface area contributed by atoms with Gasteiger partial charge in [0.15, 0.2) is 0 Å². The molecule has 0 aromatic rings. The summed E-state index contributed by atoms with van der Waals surface area (Å²) >= 11 is 0. The second-order valence-electron chi connectivity index (χ2n) is 8.07. The molecule has 0 aromatic heterocycles. The molecule has 19 heteroatoms. The first-order valence-corrected chi connectivity index (χ1v) is 12.6. The van der Waals surface area contributed by atoms with Gasteiger partial charge in [-0.25, -0.2) is 42.7 Å². The maximum absolute atomic E-state index is 10.2. The van der Waals surface area contributed by atoms with Gasteiger partial charge in [-0.05, 0) is 12.8 Å². The van der Waals surface area contributed by atoms with E-state index in [9.17, 15) is 9.59 Å². The van der Waals surface area contributed by atoms with Crippen LogP contribution in [-0.4, -0.2) is 123 Å². The van der Waals surface area contributed by atoms with Crippen molar-refractivity contribution < 1.29 is 67.9 Å². The van der Waals surface area contributed by atoms with E-state index in [0.717, 1.165) is 0 Å². The van der Waals surface area contributed by atoms with Crippen LogP contribution in [0.15, 0.2) is 0 Å². The number of aliphatic hydroxyl groups is 4. The molecule has 0 aromatic carbocycles. The van der Waals surface area contributed by atoms with Gasteiger partial charge in [0.05, 0.1) is 50.8 Å². The molecule has 4 unspecified atom stereocenters. The van der Waals surface area contributed by atoms with Gasteiger partial charge >= 0.3 is 0 Å². The summed E-state index contributed by atoms with van der Waals surface area (Å²) in [5, 5.41) is 35.8. The number of hydrogen-bond acceptors (Lipinski definition) is 14. The van der Waals surface area contributed by atoms with E-state index in [0.29, 0.717) is 26.1 Å². The fourth-order valence-electron chi connectivity index (χ4n) is 2.03. The zero-order valence-electron chi connectivity index (χ0n) is 26.6. The summed E-state index contributed by atoms with van der Waals surface area (Å²) in [6.07, 6.45) is -0.951. The zero-order valence-corrected chi connectivity index (χ0v) is 45.8. The van der Waals surface area contributed by atoms with Crippen LogP contribution < -0.4 is 11.5 Å². The fourth-order valence-corrected chi connectivity index (χ4v) is 2.03. The molecular formula is C26H52N2O14Rf3-6. The third-order valence-electron chi connectivity index (χ3n) is 4.04. The normalized spacial score (nSPS) is 12.3. The van der Waals surface area contributed by atoms with Gasteiger partial charge in [0, 0.05) is 52.5 Å². The van der Waals surface area contributed by atoms with Crippen molar-refractivity contribution in [3.63, 3.8) is 0 Å². The van der Waals surface area contributed by atoms with Crippen LogP contribution in [0.3, 0.4) is 0 Å². The fraction of sp³-hybridized carbons (Fsp3) is 0.692. The Kier molecular flexibility index (Phi) is 58.0. The standard InChI is InChI=1S/2C7H14NO4.2C6H12O3.3Rf/c2*1-11-4-6(9)5-12-3-2-7(8)10;2*1-8-4-3-6(7)5-9-2;;;/h2*6,9H,1-5H2,(H2,8,10);2*6-7H,1-5H2;;;/q2*-1;2*-2;;;. The van der Waals surface area contributed by atoms with Crippen LogP contribution in [-0.2, 0) is 47.5 Å². The van der Waals surface area contributed by atoms with Crippen LogP contribution in [0, 0.1) is 42.7 Å². The molecule has 0 rings (SSSR count). The average molecular weight is 1420 g/mol. The molecule has 0 saturated carbocycles. The van der Waals surface area contributed by atoms with Gasteiger partial charge in [0.25, 0.3) is 0 Å². The molecule has 0 saturated heterocycles. The molecule has 8 N–H and O–H groups in total. The average Bonchev–Trinajstić information content (AvgIpc) is 2.93. The molecule has 45 heavy (non-hydrogen) atoms. The molecule has 16 nitrogen and oxygen atoms in total. The Morgan fingerprint density at radius 1 is 0.467 bits per heavy atom. The molecular weight excluding hydrogens is 1370 g/mol. The maximum atomic E-state index is 10.2. The number of rotatable bonds is 24. The first-order chi connectivity index (χ1) is 19.9. The van der Waals surface area contributed by atoms with Crippen LogP contribution >= 0.6 is 0 Å². The van der Waals surface area contributed by atoms with Gasteiger partial charge < -0.3 is 69.8 Å². The number of primary amides is 2. The Hall–Kier alpha value is -4.54. The van der Waals surface area contributed by atoms with Gasteiger partial charge in [-0.3, -0.25) is 9.59 Å². The van der Waals surface area contributed by atoms with Crippen molar-refractivity contribution in [2.24, 2.45) is 11.5 Å². The van der Waals surface area contributed by atoms with Crippen LogP contribution in [0.4, 0.5) is 0 Å². The number of ether oxygens (including phenoxy) is 8. The predicted molar refractivity (Wildman–Crippen MR) is 150 cm³/mol. The summed E-state index contributed by atoms with van der Waals surface area (Å²) in [5.41, 5.74) is 9.70. The van der Waals surface area contributed by atoms with E-state index in [1.54, 1.807) is 0 Å². The molecule has 0 heterocycles. The van der Waals surface area contributed by atoms with Gasteiger partial charge in [0.2, 0.25) is 11.8 Å². The Labute approximate surface area is 250 Å². The Morgan fingerprint density at radius 2 is 0.733 bits per heavy atom. The van der Waals surface area contributed by atoms with E-state index in [-0.39, 0.29) is 65.7 Å². The van der Waals surface area contributed by atoms with E-state index < -0.39 is 36.2 Å². The van der Waals surface area contributed by atoms with Crippen molar-refractivity contribution >= 4 is 11.8 Å². The Balaban J connectivity index is -0.0000000844. The Bertz CT molecular complexity index is 519. The zero-order chi connectivity index (χ0) is 33.0. The molecule has 0 spiro atoms. The second-order valence-corrected chi connectivity index (χ2v) is 8.07. The van der Waals surface area contributed by atoms with Crippen molar-refractivity contribution in [1.82, 2.24) is 0 Å². The van der Waals surface area contributed by atoms with Crippen LogP contribution in [0.2, 0.25) is 0 Å². The molecule has 0 radical (unpaired) electrons. The van der Waals surface area contributed by atoms with Gasteiger partial charge in [-0.2, -0.15) is 0 Å². The summed E-state index contributed by atoms with van der Waals surface area (Å²) < 4.78 is 36.4. The minimum atomic E-state index is -0.699. The third-order valence-corrected chi connectivity index (χ3v) is 4.04. The summed E-state index contributed by atoms with van der Waals surface area (Å²) in [5.74, 6) is -0.837. The van der Waals surface area contributed by atoms with E-state index in [4.69, 9.17) is 41.4 Å². The van der Waals surface area contributed by atoms with Crippen molar-refractivity contribution in [2.75, 3.05) is 66.1 Å². The summed E-state index contributed by atoms with van der Waals surface area (Å²) in [4.78, 5) is 20.4. The largest absolute Gasteiger partial charge is 0.555 e. The van der Waals surface area contributed by atoms with Crippen LogP contribution in [0.5, 0.6) is 0 Å². The topological polar surface area (TPSA) is 241 Å². The number of amides is 2. The number of hydrogen-bond donors (Lipinski definition) is 6. The summed E-state index contributed by atoms with van der Waals surface area (Å²) in [7, 11) is 18.7.